The molecule has 2 heterocycles. The Labute approximate surface area is 91.0 Å². The summed E-state index contributed by atoms with van der Waals surface area (Å²) in [6, 6.07) is 1.55. The SMILES string of the molecule is O=C(c1cncc(Cl)c1)c1cnccn1. The Kier molecular flexibility index (Phi) is 2.69. The molecule has 0 aliphatic rings. The maximum absolute atomic E-state index is 11.8. The third kappa shape index (κ3) is 2.16. The molecule has 0 N–H and O–H groups in total. The fourth-order valence-corrected chi connectivity index (χ4v) is 1.27. The van der Waals surface area contributed by atoms with Crippen LogP contribution in [-0.2, 0) is 0 Å². The fourth-order valence-electron chi connectivity index (χ4n) is 1.10. The first kappa shape index (κ1) is 9.73. The Balaban J connectivity index is 2.37. The maximum atomic E-state index is 11.8. The highest BCUT2D eigenvalue weighted by atomic mass is 35.5. The molecule has 0 spiro atoms. The summed E-state index contributed by atoms with van der Waals surface area (Å²) >= 11 is 5.73. The van der Waals surface area contributed by atoms with E-state index in [9.17, 15) is 4.79 Å². The number of ketones is 1. The second-order valence-corrected chi connectivity index (χ2v) is 3.25. The first-order valence-electron chi connectivity index (χ1n) is 4.18. The highest BCUT2D eigenvalue weighted by Gasteiger charge is 2.10. The van der Waals surface area contributed by atoms with Crippen LogP contribution in [0.5, 0.6) is 0 Å². The van der Waals surface area contributed by atoms with E-state index in [1.54, 1.807) is 6.07 Å². The predicted octanol–water partition coefficient (Wildman–Crippen LogP) is 1.76. The second-order valence-electron chi connectivity index (χ2n) is 2.81. The molecule has 5 heteroatoms. The molecule has 0 saturated carbocycles. The van der Waals surface area contributed by atoms with E-state index in [1.165, 1.54) is 31.0 Å². The summed E-state index contributed by atoms with van der Waals surface area (Å²) in [5.74, 6) is -0.238. The Morgan fingerprint density at radius 2 is 2.00 bits per heavy atom. The van der Waals surface area contributed by atoms with Crippen LogP contribution >= 0.6 is 11.6 Å². The van der Waals surface area contributed by atoms with Gasteiger partial charge in [-0.1, -0.05) is 11.6 Å². The van der Waals surface area contributed by atoms with Gasteiger partial charge in [-0.15, -0.1) is 0 Å². The van der Waals surface area contributed by atoms with Gasteiger partial charge in [0, 0.05) is 30.4 Å². The van der Waals surface area contributed by atoms with E-state index in [2.05, 4.69) is 15.0 Å². The smallest absolute Gasteiger partial charge is 0.214 e. The third-order valence-electron chi connectivity index (χ3n) is 1.76. The van der Waals surface area contributed by atoms with Gasteiger partial charge < -0.3 is 0 Å². The lowest BCUT2D eigenvalue weighted by molar-refractivity contribution is 0.103. The van der Waals surface area contributed by atoms with E-state index in [4.69, 9.17) is 11.6 Å². The average molecular weight is 220 g/mol. The normalized spacial score (nSPS) is 9.93. The minimum atomic E-state index is -0.238. The highest BCUT2D eigenvalue weighted by Crippen LogP contribution is 2.11. The van der Waals surface area contributed by atoms with Crippen LogP contribution in [0.25, 0.3) is 0 Å². The van der Waals surface area contributed by atoms with Crippen LogP contribution in [0.3, 0.4) is 0 Å². The number of rotatable bonds is 2. The van der Waals surface area contributed by atoms with Gasteiger partial charge in [0.05, 0.1) is 11.2 Å². The maximum Gasteiger partial charge on any atom is 0.214 e. The molecule has 74 valence electrons. The fraction of sp³-hybridized carbons (Fsp3) is 0. The van der Waals surface area contributed by atoms with Crippen LogP contribution in [0.4, 0.5) is 0 Å². The van der Waals surface area contributed by atoms with Crippen LogP contribution in [0.2, 0.25) is 5.02 Å². The number of pyridine rings is 1. The van der Waals surface area contributed by atoms with E-state index in [1.807, 2.05) is 0 Å². The lowest BCUT2D eigenvalue weighted by Gasteiger charge is -1.98. The van der Waals surface area contributed by atoms with Crippen LogP contribution in [-0.4, -0.2) is 20.7 Å². The summed E-state index contributed by atoms with van der Waals surface area (Å²) in [5.41, 5.74) is 0.685. The molecule has 15 heavy (non-hydrogen) atoms. The number of aromatic nitrogens is 3. The van der Waals surface area contributed by atoms with Crippen molar-refractivity contribution in [2.75, 3.05) is 0 Å². The van der Waals surface area contributed by atoms with Gasteiger partial charge in [0.25, 0.3) is 0 Å². The third-order valence-corrected chi connectivity index (χ3v) is 1.97. The van der Waals surface area contributed by atoms with Crippen LogP contribution in [0.1, 0.15) is 16.1 Å². The van der Waals surface area contributed by atoms with Crippen LogP contribution < -0.4 is 0 Å². The molecular weight excluding hydrogens is 214 g/mol. The van der Waals surface area contributed by atoms with Crippen molar-refractivity contribution in [1.29, 1.82) is 0 Å². The summed E-state index contributed by atoms with van der Waals surface area (Å²) in [6.45, 7) is 0. The molecule has 0 atom stereocenters. The van der Waals surface area contributed by atoms with Gasteiger partial charge in [0.2, 0.25) is 5.78 Å². The first-order valence-corrected chi connectivity index (χ1v) is 4.56. The molecule has 4 nitrogen and oxygen atoms in total. The molecule has 2 aromatic heterocycles. The molecular formula is C10H6ClN3O. The van der Waals surface area contributed by atoms with Gasteiger partial charge in [-0.2, -0.15) is 0 Å². The topological polar surface area (TPSA) is 55.7 Å². The largest absolute Gasteiger partial charge is 0.287 e. The monoisotopic (exact) mass is 219 g/mol. The molecule has 0 aliphatic carbocycles. The van der Waals surface area contributed by atoms with E-state index >= 15 is 0 Å². The van der Waals surface area contributed by atoms with Gasteiger partial charge in [-0.3, -0.25) is 14.8 Å². The molecule has 0 aromatic carbocycles. The molecule has 2 aromatic rings. The molecule has 0 bridgehead atoms. The van der Waals surface area contributed by atoms with E-state index in [0.717, 1.165) is 0 Å². The van der Waals surface area contributed by atoms with Crippen molar-refractivity contribution in [2.24, 2.45) is 0 Å². The molecule has 0 saturated heterocycles. The van der Waals surface area contributed by atoms with Crippen molar-refractivity contribution in [3.05, 3.63) is 53.3 Å². The molecule has 0 amide bonds. The van der Waals surface area contributed by atoms with Gasteiger partial charge in [-0.05, 0) is 6.07 Å². The first-order chi connectivity index (χ1) is 7.27. The number of hydrogen-bond donors (Lipinski definition) is 0. The minimum Gasteiger partial charge on any atom is -0.287 e. The van der Waals surface area contributed by atoms with Crippen molar-refractivity contribution in [3.63, 3.8) is 0 Å². The Bertz CT molecular complexity index is 487. The number of halogens is 1. The van der Waals surface area contributed by atoms with E-state index < -0.39 is 0 Å². The van der Waals surface area contributed by atoms with Gasteiger partial charge in [0.1, 0.15) is 5.69 Å². The lowest BCUT2D eigenvalue weighted by atomic mass is 10.1. The zero-order chi connectivity index (χ0) is 10.7. The molecule has 0 radical (unpaired) electrons. The van der Waals surface area contributed by atoms with Gasteiger partial charge in [-0.25, -0.2) is 4.98 Å². The van der Waals surface area contributed by atoms with Crippen LogP contribution in [0, 0.1) is 0 Å². The summed E-state index contributed by atoms with van der Waals surface area (Å²) in [6.07, 6.45) is 7.29. The van der Waals surface area contributed by atoms with Gasteiger partial charge >= 0.3 is 0 Å². The molecule has 0 unspecified atom stereocenters. The number of carbonyl (C=O) groups excluding carboxylic acids is 1. The predicted molar refractivity (Wildman–Crippen MR) is 54.7 cm³/mol. The summed E-state index contributed by atoms with van der Waals surface area (Å²) < 4.78 is 0. The average Bonchev–Trinajstić information content (AvgIpc) is 2.29. The van der Waals surface area contributed by atoms with E-state index in [0.29, 0.717) is 10.6 Å². The highest BCUT2D eigenvalue weighted by molar-refractivity contribution is 6.31. The van der Waals surface area contributed by atoms with Gasteiger partial charge in [0.15, 0.2) is 0 Å². The molecule has 0 fully saturated rings. The zero-order valence-electron chi connectivity index (χ0n) is 7.59. The summed E-state index contributed by atoms with van der Waals surface area (Å²) in [5, 5.41) is 0.421. The number of hydrogen-bond acceptors (Lipinski definition) is 4. The number of carbonyl (C=O) groups is 1. The Morgan fingerprint density at radius 3 is 2.67 bits per heavy atom. The van der Waals surface area contributed by atoms with Crippen molar-refractivity contribution in [2.45, 2.75) is 0 Å². The van der Waals surface area contributed by atoms with Crippen molar-refractivity contribution in [1.82, 2.24) is 15.0 Å². The molecule has 2 rings (SSSR count). The Hall–Kier alpha value is -1.81. The van der Waals surface area contributed by atoms with Crippen molar-refractivity contribution in [3.8, 4) is 0 Å². The second kappa shape index (κ2) is 4.14. The standard InChI is InChI=1S/C10H6ClN3O/c11-8-3-7(4-13-5-8)10(15)9-6-12-1-2-14-9/h1-6H. The van der Waals surface area contributed by atoms with Crippen LogP contribution in [0.15, 0.2) is 37.1 Å². The molecule has 0 aliphatic heterocycles. The Morgan fingerprint density at radius 1 is 1.13 bits per heavy atom. The van der Waals surface area contributed by atoms with Crippen molar-refractivity contribution >= 4 is 17.4 Å². The van der Waals surface area contributed by atoms with E-state index in [-0.39, 0.29) is 11.5 Å². The van der Waals surface area contributed by atoms with Crippen molar-refractivity contribution < 1.29 is 4.79 Å². The summed E-state index contributed by atoms with van der Waals surface area (Å²) in [7, 11) is 0. The zero-order valence-corrected chi connectivity index (χ0v) is 8.35. The quantitative estimate of drug-likeness (QED) is 0.723. The lowest BCUT2D eigenvalue weighted by Crippen LogP contribution is -2.04. The summed E-state index contributed by atoms with van der Waals surface area (Å²) in [4.78, 5) is 23.3. The minimum absolute atomic E-state index is 0.238. The number of nitrogens with zero attached hydrogens (tertiary/aromatic N) is 3.